The molecule has 0 aliphatic rings. The van der Waals surface area contributed by atoms with Crippen LogP contribution >= 0.6 is 0 Å². The minimum Gasteiger partial charge on any atom is -0.495 e. The lowest BCUT2D eigenvalue weighted by atomic mass is 10.0. The third-order valence-corrected chi connectivity index (χ3v) is 5.44. The Balaban J connectivity index is 1.69. The van der Waals surface area contributed by atoms with Gasteiger partial charge in [-0.2, -0.15) is 15.4 Å². The van der Waals surface area contributed by atoms with E-state index in [0.717, 1.165) is 11.1 Å². The van der Waals surface area contributed by atoms with E-state index in [0.29, 0.717) is 45.6 Å². The first-order valence-electron chi connectivity index (χ1n) is 10.8. The molecule has 1 heterocycles. The van der Waals surface area contributed by atoms with Crippen LogP contribution in [0, 0.1) is 0 Å². The summed E-state index contributed by atoms with van der Waals surface area (Å²) in [5.74, 6) is 1.86. The minimum absolute atomic E-state index is 0.156. The summed E-state index contributed by atoms with van der Waals surface area (Å²) in [7, 11) is 6.21. The molecule has 35 heavy (non-hydrogen) atoms. The van der Waals surface area contributed by atoms with Crippen LogP contribution in [0.4, 0.5) is 5.69 Å². The lowest BCUT2D eigenvalue weighted by Gasteiger charge is -2.14. The minimum atomic E-state index is -0.156. The van der Waals surface area contributed by atoms with Gasteiger partial charge < -0.3 is 24.3 Å². The quantitative estimate of drug-likeness (QED) is 0.371. The van der Waals surface area contributed by atoms with E-state index in [2.05, 4.69) is 20.7 Å². The van der Waals surface area contributed by atoms with Crippen LogP contribution in [0.1, 0.15) is 5.56 Å². The van der Waals surface area contributed by atoms with E-state index >= 15 is 0 Å². The van der Waals surface area contributed by atoms with Crippen molar-refractivity contribution in [2.24, 2.45) is 0 Å². The molecule has 1 amide bonds. The Labute approximate surface area is 203 Å². The lowest BCUT2D eigenvalue weighted by Crippen LogP contribution is -2.15. The fourth-order valence-corrected chi connectivity index (χ4v) is 3.78. The number of hydrogen-bond acceptors (Lipinski definition) is 7. The van der Waals surface area contributed by atoms with Gasteiger partial charge in [0.05, 0.1) is 40.5 Å². The molecule has 1 aromatic heterocycles. The van der Waals surface area contributed by atoms with Gasteiger partial charge in [0.1, 0.15) is 17.1 Å². The van der Waals surface area contributed by atoms with Gasteiger partial charge in [0.15, 0.2) is 11.5 Å². The lowest BCUT2D eigenvalue weighted by molar-refractivity contribution is -0.115. The Morgan fingerprint density at radius 3 is 2.00 bits per heavy atom. The van der Waals surface area contributed by atoms with Crippen molar-refractivity contribution in [3.63, 3.8) is 0 Å². The maximum Gasteiger partial charge on any atom is 0.228 e. The normalized spacial score (nSPS) is 10.5. The maximum atomic E-state index is 12.7. The van der Waals surface area contributed by atoms with Crippen molar-refractivity contribution in [1.82, 2.24) is 15.4 Å². The van der Waals surface area contributed by atoms with Crippen molar-refractivity contribution in [3.8, 4) is 45.5 Å². The highest BCUT2D eigenvalue weighted by atomic mass is 16.5. The number of rotatable bonds is 9. The number of nitrogens with one attached hydrogen (secondary N) is 2. The zero-order valence-electron chi connectivity index (χ0n) is 19.9. The second-order valence-electron chi connectivity index (χ2n) is 7.56. The number of aromatic nitrogens is 3. The van der Waals surface area contributed by atoms with E-state index in [9.17, 15) is 4.79 Å². The second-order valence-corrected chi connectivity index (χ2v) is 7.56. The molecule has 0 radical (unpaired) electrons. The van der Waals surface area contributed by atoms with Crippen LogP contribution in [-0.2, 0) is 11.2 Å². The number of carbonyl (C=O) groups excluding carboxylic acids is 1. The number of ether oxygens (including phenoxy) is 4. The first-order chi connectivity index (χ1) is 17.1. The van der Waals surface area contributed by atoms with Crippen molar-refractivity contribution < 1.29 is 23.7 Å². The van der Waals surface area contributed by atoms with E-state index in [-0.39, 0.29) is 12.3 Å². The summed E-state index contributed by atoms with van der Waals surface area (Å²) in [6, 6.07) is 18.6. The molecule has 9 nitrogen and oxygen atoms in total. The molecule has 4 rings (SSSR count). The van der Waals surface area contributed by atoms with Gasteiger partial charge in [-0.15, -0.1) is 0 Å². The van der Waals surface area contributed by atoms with Gasteiger partial charge in [-0.05, 0) is 35.9 Å². The van der Waals surface area contributed by atoms with E-state index in [4.69, 9.17) is 18.9 Å². The molecule has 0 aliphatic carbocycles. The van der Waals surface area contributed by atoms with Crippen LogP contribution in [-0.4, -0.2) is 49.8 Å². The fourth-order valence-electron chi connectivity index (χ4n) is 3.78. The SMILES string of the molecule is COc1ccc(-c2n[nH]nc2-c2cc(OC)c(OC)c(OC)c2)cc1NC(=O)Cc1ccccc1. The van der Waals surface area contributed by atoms with E-state index < -0.39 is 0 Å². The highest BCUT2D eigenvalue weighted by Gasteiger charge is 2.20. The number of aromatic amines is 1. The van der Waals surface area contributed by atoms with Gasteiger partial charge in [0, 0.05) is 11.1 Å². The van der Waals surface area contributed by atoms with Crippen LogP contribution in [0.2, 0.25) is 0 Å². The average Bonchev–Trinajstić information content (AvgIpc) is 3.38. The molecule has 0 bridgehead atoms. The zero-order chi connectivity index (χ0) is 24.8. The first-order valence-corrected chi connectivity index (χ1v) is 10.8. The van der Waals surface area contributed by atoms with Crippen LogP contribution in [0.25, 0.3) is 22.5 Å². The Hall–Kier alpha value is -4.53. The number of hydrogen-bond donors (Lipinski definition) is 2. The van der Waals surface area contributed by atoms with E-state index in [1.807, 2.05) is 36.4 Å². The number of carbonyl (C=O) groups is 1. The predicted octanol–water partition coefficient (Wildman–Crippen LogP) is 4.35. The van der Waals surface area contributed by atoms with Crippen molar-refractivity contribution in [2.45, 2.75) is 6.42 Å². The highest BCUT2D eigenvalue weighted by molar-refractivity contribution is 5.95. The first kappa shape index (κ1) is 23.6. The predicted molar refractivity (Wildman–Crippen MR) is 132 cm³/mol. The molecule has 0 spiro atoms. The number of anilines is 1. The molecule has 0 fully saturated rings. The standard InChI is InChI=1S/C26H26N4O5/c1-32-20-11-10-17(13-19(20)27-23(31)12-16-8-6-5-7-9-16)24-25(29-30-28-24)18-14-21(33-2)26(35-4)22(15-18)34-3/h5-11,13-15H,12H2,1-4H3,(H,27,31)(H,28,29,30). The smallest absolute Gasteiger partial charge is 0.228 e. The van der Waals surface area contributed by atoms with Gasteiger partial charge in [-0.25, -0.2) is 0 Å². The largest absolute Gasteiger partial charge is 0.495 e. The van der Waals surface area contributed by atoms with Crippen molar-refractivity contribution in [3.05, 3.63) is 66.2 Å². The second kappa shape index (κ2) is 10.6. The molecule has 9 heteroatoms. The number of H-pyrrole nitrogens is 1. The summed E-state index contributed by atoms with van der Waals surface area (Å²) in [6.45, 7) is 0. The van der Waals surface area contributed by atoms with Crippen molar-refractivity contribution in [1.29, 1.82) is 0 Å². The molecule has 0 saturated carbocycles. The van der Waals surface area contributed by atoms with Crippen LogP contribution in [0.3, 0.4) is 0 Å². The molecule has 180 valence electrons. The molecule has 2 N–H and O–H groups in total. The summed E-state index contributed by atoms with van der Waals surface area (Å²) in [5, 5.41) is 14.3. The molecular formula is C26H26N4O5. The molecule has 4 aromatic rings. The monoisotopic (exact) mass is 474 g/mol. The topological polar surface area (TPSA) is 108 Å². The van der Waals surface area contributed by atoms with Crippen molar-refractivity contribution in [2.75, 3.05) is 33.8 Å². The van der Waals surface area contributed by atoms with Gasteiger partial charge in [0.25, 0.3) is 0 Å². The molecular weight excluding hydrogens is 448 g/mol. The summed E-state index contributed by atoms with van der Waals surface area (Å²) in [6.07, 6.45) is 0.245. The molecule has 0 unspecified atom stereocenters. The summed E-state index contributed by atoms with van der Waals surface area (Å²) in [5.41, 5.74) is 4.06. The van der Waals surface area contributed by atoms with Gasteiger partial charge in [-0.1, -0.05) is 30.3 Å². The van der Waals surface area contributed by atoms with Crippen LogP contribution in [0.5, 0.6) is 23.0 Å². The molecule has 0 atom stereocenters. The van der Waals surface area contributed by atoms with Crippen LogP contribution < -0.4 is 24.3 Å². The third-order valence-electron chi connectivity index (χ3n) is 5.44. The van der Waals surface area contributed by atoms with E-state index in [1.54, 1.807) is 52.7 Å². The van der Waals surface area contributed by atoms with Crippen molar-refractivity contribution >= 4 is 11.6 Å². The number of nitrogens with zero attached hydrogens (tertiary/aromatic N) is 2. The zero-order valence-corrected chi connectivity index (χ0v) is 19.9. The molecule has 0 aliphatic heterocycles. The Morgan fingerprint density at radius 1 is 0.771 bits per heavy atom. The molecule has 0 saturated heterocycles. The maximum absolute atomic E-state index is 12.7. The Bertz CT molecular complexity index is 1300. The van der Waals surface area contributed by atoms with E-state index in [1.165, 1.54) is 0 Å². The Morgan fingerprint density at radius 2 is 1.40 bits per heavy atom. The average molecular weight is 475 g/mol. The number of amides is 1. The van der Waals surface area contributed by atoms with Gasteiger partial charge >= 0.3 is 0 Å². The Kier molecular flexibility index (Phi) is 7.15. The summed E-state index contributed by atoms with van der Waals surface area (Å²) < 4.78 is 21.8. The fraction of sp³-hybridized carbons (Fsp3) is 0.192. The summed E-state index contributed by atoms with van der Waals surface area (Å²) >= 11 is 0. The third kappa shape index (κ3) is 5.03. The van der Waals surface area contributed by atoms with Crippen LogP contribution in [0.15, 0.2) is 60.7 Å². The number of benzene rings is 3. The molecule has 3 aromatic carbocycles. The summed E-state index contributed by atoms with van der Waals surface area (Å²) in [4.78, 5) is 12.7. The number of methoxy groups -OCH3 is 4. The highest BCUT2D eigenvalue weighted by Crippen LogP contribution is 2.42. The van der Waals surface area contributed by atoms with Gasteiger partial charge in [0.2, 0.25) is 11.7 Å². The van der Waals surface area contributed by atoms with Gasteiger partial charge in [-0.3, -0.25) is 4.79 Å².